The van der Waals surface area contributed by atoms with Gasteiger partial charge < -0.3 is 10.2 Å². The maximum atomic E-state index is 12.3. The Labute approximate surface area is 174 Å². The highest BCUT2D eigenvalue weighted by Gasteiger charge is 2.29. The average Bonchev–Trinajstić information content (AvgIpc) is 3.59. The molecule has 2 aromatic heterocycles. The molecular formula is C21H21N7O2. The first-order valence-electron chi connectivity index (χ1n) is 9.55. The van der Waals surface area contributed by atoms with Crippen LogP contribution in [0.2, 0.25) is 0 Å². The summed E-state index contributed by atoms with van der Waals surface area (Å²) in [6, 6.07) is 4.94. The van der Waals surface area contributed by atoms with Crippen LogP contribution >= 0.6 is 0 Å². The molecule has 1 atom stereocenters. The monoisotopic (exact) mass is 403 g/mol. The molecule has 0 spiro atoms. The van der Waals surface area contributed by atoms with Crippen molar-refractivity contribution in [3.63, 3.8) is 0 Å². The van der Waals surface area contributed by atoms with E-state index in [1.165, 1.54) is 18.1 Å². The van der Waals surface area contributed by atoms with Crippen molar-refractivity contribution < 1.29 is 9.59 Å². The summed E-state index contributed by atoms with van der Waals surface area (Å²) in [6.45, 7) is 1.62. The van der Waals surface area contributed by atoms with E-state index in [4.69, 9.17) is 5.26 Å². The van der Waals surface area contributed by atoms with Gasteiger partial charge in [0.05, 0.1) is 35.8 Å². The number of hydrogen-bond donors (Lipinski definition) is 1. The molecule has 0 saturated heterocycles. The number of ketones is 1. The molecule has 2 aromatic rings. The maximum Gasteiger partial charge on any atom is 0.245 e. The van der Waals surface area contributed by atoms with Gasteiger partial charge in [-0.15, -0.1) is 0 Å². The van der Waals surface area contributed by atoms with Crippen LogP contribution < -0.4 is 5.32 Å². The highest BCUT2D eigenvalue weighted by Crippen LogP contribution is 2.30. The number of nitrogens with zero attached hydrogens (tertiary/aromatic N) is 6. The summed E-state index contributed by atoms with van der Waals surface area (Å²) in [5.74, 6) is 0.0960. The van der Waals surface area contributed by atoms with Gasteiger partial charge in [0.2, 0.25) is 5.91 Å². The van der Waals surface area contributed by atoms with Crippen LogP contribution in [0.3, 0.4) is 0 Å². The lowest BCUT2D eigenvalue weighted by molar-refractivity contribution is -0.129. The summed E-state index contributed by atoms with van der Waals surface area (Å²) < 4.78 is 0. The van der Waals surface area contributed by atoms with Gasteiger partial charge in [-0.1, -0.05) is 0 Å². The number of Topliss-reactive ketones (excluding diaryl/α,β-unsaturated/α-hetero) is 1. The van der Waals surface area contributed by atoms with Crippen LogP contribution in [0.5, 0.6) is 0 Å². The fourth-order valence-corrected chi connectivity index (χ4v) is 2.94. The number of likely N-dealkylation sites (N-methyl/N-ethyl adjacent to an activating group) is 1. The smallest absolute Gasteiger partial charge is 0.245 e. The molecule has 9 nitrogen and oxygen atoms in total. The molecule has 1 saturated carbocycles. The van der Waals surface area contributed by atoms with Gasteiger partial charge in [0, 0.05) is 30.9 Å². The predicted octanol–water partition coefficient (Wildman–Crippen LogP) is 1.71. The molecule has 30 heavy (non-hydrogen) atoms. The normalized spacial score (nSPS) is 13.6. The Morgan fingerprint density at radius 1 is 1.23 bits per heavy atom. The summed E-state index contributed by atoms with van der Waals surface area (Å²) in [5, 5.41) is 21.1. The van der Waals surface area contributed by atoms with E-state index in [9.17, 15) is 14.9 Å². The number of rotatable bonds is 8. The molecule has 9 heteroatoms. The standard InChI is InChI=1S/C21H21N7O2/c1-13(21(30)28(2)6-5-22)27-17-7-15(10-25-18(17)9-23)19-12-24-16(11-26-19)8-20(29)14-3-4-14/h7,10-14,27H,3-4,6,8H2,1-2H3. The number of nitrogens with one attached hydrogen (secondary N) is 1. The molecule has 1 amide bonds. The molecule has 152 valence electrons. The van der Waals surface area contributed by atoms with Crippen molar-refractivity contribution in [2.45, 2.75) is 32.2 Å². The molecule has 0 aromatic carbocycles. The minimum atomic E-state index is -0.658. The first-order valence-corrected chi connectivity index (χ1v) is 9.55. The molecule has 1 unspecified atom stereocenters. The van der Waals surface area contributed by atoms with Crippen LogP contribution in [0.25, 0.3) is 11.3 Å². The largest absolute Gasteiger partial charge is 0.372 e. The summed E-state index contributed by atoms with van der Waals surface area (Å²) in [6.07, 6.45) is 6.86. The molecular weight excluding hydrogens is 382 g/mol. The average molecular weight is 403 g/mol. The number of hydrogen-bond acceptors (Lipinski definition) is 8. The maximum absolute atomic E-state index is 12.3. The number of nitriles is 2. The Balaban J connectivity index is 1.77. The van der Waals surface area contributed by atoms with E-state index < -0.39 is 6.04 Å². The van der Waals surface area contributed by atoms with Crippen molar-refractivity contribution in [2.75, 3.05) is 18.9 Å². The zero-order valence-electron chi connectivity index (χ0n) is 16.8. The van der Waals surface area contributed by atoms with Crippen LogP contribution in [0.4, 0.5) is 5.69 Å². The van der Waals surface area contributed by atoms with E-state index in [0.717, 1.165) is 12.8 Å². The van der Waals surface area contributed by atoms with Gasteiger partial charge in [0.15, 0.2) is 5.69 Å². The van der Waals surface area contributed by atoms with Crippen molar-refractivity contribution in [3.05, 3.63) is 36.0 Å². The lowest BCUT2D eigenvalue weighted by Gasteiger charge is -2.21. The number of amides is 1. The predicted molar refractivity (Wildman–Crippen MR) is 108 cm³/mol. The van der Waals surface area contributed by atoms with Gasteiger partial charge in [-0.05, 0) is 25.8 Å². The van der Waals surface area contributed by atoms with Crippen molar-refractivity contribution >= 4 is 17.4 Å². The first-order chi connectivity index (χ1) is 14.4. The molecule has 1 N–H and O–H groups in total. The number of carbonyl (C=O) groups is 2. The van der Waals surface area contributed by atoms with Crippen molar-refractivity contribution in [1.29, 1.82) is 10.5 Å². The lowest BCUT2D eigenvalue weighted by atomic mass is 10.1. The van der Waals surface area contributed by atoms with E-state index in [1.54, 1.807) is 25.4 Å². The molecule has 3 rings (SSSR count). The summed E-state index contributed by atoms with van der Waals surface area (Å²) in [5.41, 5.74) is 2.31. The Kier molecular flexibility index (Phi) is 6.33. The fraction of sp³-hybridized carbons (Fsp3) is 0.381. The van der Waals surface area contributed by atoms with Crippen LogP contribution in [-0.4, -0.2) is 51.2 Å². The molecule has 1 aliphatic rings. The van der Waals surface area contributed by atoms with Crippen molar-refractivity contribution in [1.82, 2.24) is 19.9 Å². The van der Waals surface area contributed by atoms with E-state index in [0.29, 0.717) is 22.6 Å². The molecule has 0 radical (unpaired) electrons. The third-order valence-electron chi connectivity index (χ3n) is 4.81. The summed E-state index contributed by atoms with van der Waals surface area (Å²) >= 11 is 0. The second-order valence-corrected chi connectivity index (χ2v) is 7.26. The van der Waals surface area contributed by atoms with Crippen LogP contribution in [-0.2, 0) is 16.0 Å². The Morgan fingerprint density at radius 2 is 2.00 bits per heavy atom. The van der Waals surface area contributed by atoms with E-state index in [-0.39, 0.29) is 36.3 Å². The molecule has 1 fully saturated rings. The van der Waals surface area contributed by atoms with Crippen molar-refractivity contribution in [3.8, 4) is 23.4 Å². The number of aromatic nitrogens is 3. The zero-order chi connectivity index (χ0) is 21.7. The van der Waals surface area contributed by atoms with E-state index in [1.807, 2.05) is 12.1 Å². The Bertz CT molecular complexity index is 1030. The highest BCUT2D eigenvalue weighted by atomic mass is 16.2. The quantitative estimate of drug-likeness (QED) is 0.658. The van der Waals surface area contributed by atoms with E-state index in [2.05, 4.69) is 20.3 Å². The number of pyridine rings is 1. The minimum Gasteiger partial charge on any atom is -0.372 e. The second kappa shape index (κ2) is 9.10. The van der Waals surface area contributed by atoms with Gasteiger partial charge in [-0.2, -0.15) is 10.5 Å². The van der Waals surface area contributed by atoms with Crippen molar-refractivity contribution in [2.24, 2.45) is 5.92 Å². The van der Waals surface area contributed by atoms with Crippen LogP contribution in [0, 0.1) is 28.6 Å². The Hall–Kier alpha value is -3.85. The first kappa shape index (κ1) is 20.9. The summed E-state index contributed by atoms with van der Waals surface area (Å²) in [4.78, 5) is 38.4. The third-order valence-corrected chi connectivity index (χ3v) is 4.81. The highest BCUT2D eigenvalue weighted by molar-refractivity contribution is 5.85. The number of carbonyl (C=O) groups excluding carboxylic acids is 2. The molecule has 0 bridgehead atoms. The summed E-state index contributed by atoms with van der Waals surface area (Å²) in [7, 11) is 1.54. The lowest BCUT2D eigenvalue weighted by Crippen LogP contribution is -2.39. The number of anilines is 1. The second-order valence-electron chi connectivity index (χ2n) is 7.26. The SMILES string of the molecule is CC(Nc1cc(-c2cnc(CC(=O)C3CC3)cn2)cnc1C#N)C(=O)N(C)CC#N. The van der Waals surface area contributed by atoms with Gasteiger partial charge in [0.1, 0.15) is 24.4 Å². The van der Waals surface area contributed by atoms with Crippen LogP contribution in [0.15, 0.2) is 24.7 Å². The molecule has 2 heterocycles. The van der Waals surface area contributed by atoms with Gasteiger partial charge >= 0.3 is 0 Å². The van der Waals surface area contributed by atoms with Gasteiger partial charge in [-0.25, -0.2) is 4.98 Å². The van der Waals surface area contributed by atoms with Crippen LogP contribution in [0.1, 0.15) is 31.2 Å². The fourth-order valence-electron chi connectivity index (χ4n) is 2.94. The molecule has 0 aliphatic heterocycles. The third kappa shape index (κ3) is 4.95. The van der Waals surface area contributed by atoms with E-state index >= 15 is 0 Å². The Morgan fingerprint density at radius 3 is 2.60 bits per heavy atom. The van der Waals surface area contributed by atoms with Gasteiger partial charge in [-0.3, -0.25) is 19.6 Å². The topological polar surface area (TPSA) is 136 Å². The zero-order valence-corrected chi connectivity index (χ0v) is 16.8. The molecule has 1 aliphatic carbocycles. The van der Waals surface area contributed by atoms with Gasteiger partial charge in [0.25, 0.3) is 0 Å². The minimum absolute atomic E-state index is 0.0283.